The Balaban J connectivity index is 0.000000371. The van der Waals surface area contributed by atoms with Crippen LogP contribution in [0, 0.1) is 0 Å². The molecule has 0 saturated heterocycles. The second-order valence-electron chi connectivity index (χ2n) is 5.69. The van der Waals surface area contributed by atoms with Gasteiger partial charge in [0.1, 0.15) is 0 Å². The predicted molar refractivity (Wildman–Crippen MR) is 135 cm³/mol. The topological polar surface area (TPSA) is 104 Å². The van der Waals surface area contributed by atoms with Crippen molar-refractivity contribution in [2.45, 2.75) is 0 Å². The summed E-state index contributed by atoms with van der Waals surface area (Å²) in [5.74, 6) is 0. The molecule has 0 aromatic heterocycles. The Hall–Kier alpha value is -2.85. The first-order valence-electron chi connectivity index (χ1n) is 9.04. The van der Waals surface area contributed by atoms with E-state index >= 15 is 0 Å². The van der Waals surface area contributed by atoms with Crippen LogP contribution in [0.3, 0.4) is 0 Å². The van der Waals surface area contributed by atoms with Crippen molar-refractivity contribution < 1.29 is 12.7 Å². The summed E-state index contributed by atoms with van der Waals surface area (Å²) in [6.07, 6.45) is 0. The first-order valence-corrected chi connectivity index (χ1v) is 11.8. The molecule has 0 unspecified atom stereocenters. The first-order chi connectivity index (χ1) is 15.0. The SMILES string of the molecule is Nc1ccccc1.Nc1ccccc1.Nc1ccccc1.Nc1ccccc1.[Cl][Ni][Cl]. The zero-order chi connectivity index (χ0) is 23.2. The van der Waals surface area contributed by atoms with Crippen LogP contribution in [-0.4, -0.2) is 0 Å². The normalized spacial score (nSPS) is 8.45. The molecular weight excluding hydrogens is 474 g/mol. The number of hydrogen-bond acceptors (Lipinski definition) is 4. The van der Waals surface area contributed by atoms with Crippen LogP contribution in [0.1, 0.15) is 0 Å². The van der Waals surface area contributed by atoms with Crippen LogP contribution in [0.5, 0.6) is 0 Å². The van der Waals surface area contributed by atoms with Gasteiger partial charge in [0.2, 0.25) is 0 Å². The van der Waals surface area contributed by atoms with E-state index in [2.05, 4.69) is 0 Å². The van der Waals surface area contributed by atoms with Gasteiger partial charge in [0.15, 0.2) is 0 Å². The molecule has 0 atom stereocenters. The van der Waals surface area contributed by atoms with Crippen LogP contribution in [0.15, 0.2) is 121 Å². The molecule has 0 amide bonds. The Kier molecular flexibility index (Phi) is 18.6. The molecule has 0 aliphatic heterocycles. The minimum absolute atomic E-state index is 0.569. The first kappa shape index (κ1) is 28.2. The van der Waals surface area contributed by atoms with Gasteiger partial charge < -0.3 is 22.9 Å². The zero-order valence-corrected chi connectivity index (χ0v) is 19.4. The van der Waals surface area contributed by atoms with E-state index in [0.717, 1.165) is 22.7 Å². The second kappa shape index (κ2) is 20.4. The van der Waals surface area contributed by atoms with Crippen molar-refractivity contribution in [2.75, 3.05) is 22.9 Å². The van der Waals surface area contributed by atoms with Crippen molar-refractivity contribution in [3.05, 3.63) is 121 Å². The molecule has 0 heterocycles. The molecule has 31 heavy (non-hydrogen) atoms. The van der Waals surface area contributed by atoms with Gasteiger partial charge in [-0.3, -0.25) is 0 Å². The van der Waals surface area contributed by atoms with E-state index in [1.54, 1.807) is 0 Å². The molecule has 4 nitrogen and oxygen atoms in total. The summed E-state index contributed by atoms with van der Waals surface area (Å²) in [7, 11) is 9.40. The second-order valence-corrected chi connectivity index (χ2v) is 7.32. The summed E-state index contributed by atoms with van der Waals surface area (Å²) in [4.78, 5) is 0. The van der Waals surface area contributed by atoms with E-state index in [1.165, 1.54) is 0 Å². The van der Waals surface area contributed by atoms with E-state index in [9.17, 15) is 0 Å². The fourth-order valence-electron chi connectivity index (χ4n) is 1.81. The number of nitrogen functional groups attached to an aromatic ring is 4. The molecule has 4 aromatic rings. The van der Waals surface area contributed by atoms with Crippen LogP contribution in [0.4, 0.5) is 22.7 Å². The summed E-state index contributed by atoms with van der Waals surface area (Å²) in [6, 6.07) is 37.9. The standard InChI is InChI=1S/4C6H7N.2ClH.Ni/c4*7-6-4-2-1-3-5-6;;;/h4*1-5H,7H2;2*1H;/q;;;;;;+2/p-2. The van der Waals surface area contributed by atoms with Crippen molar-refractivity contribution in [3.8, 4) is 0 Å². The number of halogens is 2. The van der Waals surface area contributed by atoms with E-state index in [-0.39, 0.29) is 0 Å². The van der Waals surface area contributed by atoms with Crippen LogP contribution in [-0.2, 0) is 12.7 Å². The van der Waals surface area contributed by atoms with Gasteiger partial charge in [-0.1, -0.05) is 72.8 Å². The van der Waals surface area contributed by atoms with Crippen molar-refractivity contribution in [2.24, 2.45) is 0 Å². The Labute approximate surface area is 199 Å². The number of benzene rings is 4. The fourth-order valence-corrected chi connectivity index (χ4v) is 1.81. The van der Waals surface area contributed by atoms with Gasteiger partial charge in [0.25, 0.3) is 0 Å². The molecule has 8 N–H and O–H groups in total. The number of hydrogen-bond donors (Lipinski definition) is 4. The van der Waals surface area contributed by atoms with Crippen molar-refractivity contribution in [1.29, 1.82) is 0 Å². The van der Waals surface area contributed by atoms with Crippen LogP contribution < -0.4 is 22.9 Å². The molecule has 168 valence electrons. The Morgan fingerprint density at radius 3 is 0.548 bits per heavy atom. The summed E-state index contributed by atoms with van der Waals surface area (Å²) in [6.45, 7) is 0. The summed E-state index contributed by atoms with van der Waals surface area (Å²) >= 11 is 0.569. The molecule has 7 heteroatoms. The van der Waals surface area contributed by atoms with Gasteiger partial charge in [-0.2, -0.15) is 0 Å². The van der Waals surface area contributed by atoms with Gasteiger partial charge in [0.05, 0.1) is 0 Å². The number of nitrogens with two attached hydrogens (primary N) is 4. The molecule has 0 saturated carbocycles. The molecule has 4 rings (SSSR count). The molecule has 0 aliphatic carbocycles. The maximum absolute atomic E-state index is 5.36. The van der Waals surface area contributed by atoms with Crippen molar-refractivity contribution in [1.82, 2.24) is 0 Å². The van der Waals surface area contributed by atoms with Gasteiger partial charge in [0, 0.05) is 22.7 Å². The maximum atomic E-state index is 5.36. The molecule has 0 fully saturated rings. The van der Waals surface area contributed by atoms with Gasteiger partial charge >= 0.3 is 33.0 Å². The summed E-state index contributed by atoms with van der Waals surface area (Å²) in [5, 5.41) is 0. The van der Waals surface area contributed by atoms with Crippen LogP contribution in [0.2, 0.25) is 0 Å². The molecule has 0 radical (unpaired) electrons. The minimum atomic E-state index is 0.569. The Bertz CT molecular complexity index is 719. The predicted octanol–water partition coefficient (Wildman–Crippen LogP) is 6.45. The van der Waals surface area contributed by atoms with E-state index < -0.39 is 0 Å². The van der Waals surface area contributed by atoms with Crippen molar-refractivity contribution >= 4 is 43.1 Å². The molecule has 0 bridgehead atoms. The molecule has 4 aromatic carbocycles. The summed E-state index contributed by atoms with van der Waals surface area (Å²) < 4.78 is 0. The van der Waals surface area contributed by atoms with Gasteiger partial charge in [-0.05, 0) is 48.5 Å². The van der Waals surface area contributed by atoms with Crippen molar-refractivity contribution in [3.63, 3.8) is 0 Å². The average molecular weight is 502 g/mol. The number of para-hydroxylation sites is 4. The average Bonchev–Trinajstić information content (AvgIpc) is 2.78. The fraction of sp³-hybridized carbons (Fsp3) is 0. The van der Waals surface area contributed by atoms with Crippen LogP contribution in [0.25, 0.3) is 0 Å². The van der Waals surface area contributed by atoms with Gasteiger partial charge in [-0.15, -0.1) is 0 Å². The zero-order valence-electron chi connectivity index (χ0n) is 16.9. The van der Waals surface area contributed by atoms with E-state index in [1.807, 2.05) is 121 Å². The third kappa shape index (κ3) is 20.2. The Morgan fingerprint density at radius 2 is 0.484 bits per heavy atom. The van der Waals surface area contributed by atoms with E-state index in [4.69, 9.17) is 43.3 Å². The molecule has 0 aliphatic rings. The third-order valence-electron chi connectivity index (χ3n) is 3.20. The van der Waals surface area contributed by atoms with E-state index in [0.29, 0.717) is 12.7 Å². The molecular formula is C24H28Cl2N4Ni. The summed E-state index contributed by atoms with van der Waals surface area (Å²) in [5.41, 5.74) is 24.7. The monoisotopic (exact) mass is 500 g/mol. The van der Waals surface area contributed by atoms with Crippen LogP contribution >= 0.6 is 20.4 Å². The number of anilines is 4. The quantitative estimate of drug-likeness (QED) is 0.164. The molecule has 0 spiro atoms. The Morgan fingerprint density at radius 1 is 0.355 bits per heavy atom. The third-order valence-corrected chi connectivity index (χ3v) is 3.20. The van der Waals surface area contributed by atoms with Gasteiger partial charge in [-0.25, -0.2) is 0 Å². The number of rotatable bonds is 0.